The topological polar surface area (TPSA) is 104 Å². The van der Waals surface area contributed by atoms with Crippen LogP contribution in [-0.4, -0.2) is 66.9 Å². The van der Waals surface area contributed by atoms with Gasteiger partial charge in [-0.3, -0.25) is 0 Å². The molecule has 3 heterocycles. The Morgan fingerprint density at radius 3 is 2.56 bits per heavy atom. The van der Waals surface area contributed by atoms with Crippen LogP contribution in [0.3, 0.4) is 0 Å². The van der Waals surface area contributed by atoms with Crippen molar-refractivity contribution < 1.29 is 28.8 Å². The second-order valence-corrected chi connectivity index (χ2v) is 7.94. The summed E-state index contributed by atoms with van der Waals surface area (Å²) in [5, 5.41) is 14.4. The molecule has 0 spiro atoms. The van der Waals surface area contributed by atoms with Gasteiger partial charge in [0.15, 0.2) is 17.6 Å². The summed E-state index contributed by atoms with van der Waals surface area (Å²) in [5.74, 6) is 2.28. The molecule has 0 bridgehead atoms. The highest BCUT2D eigenvalue weighted by Crippen LogP contribution is 2.37. The Balaban J connectivity index is 1.36. The third-order valence-electron chi connectivity index (χ3n) is 5.60. The average molecular weight is 460 g/mol. The van der Waals surface area contributed by atoms with Gasteiger partial charge in [0.05, 0.1) is 38.0 Å². The molecule has 0 radical (unpaired) electrons. The molecule has 3 aromatic rings. The van der Waals surface area contributed by atoms with Gasteiger partial charge in [-0.2, -0.15) is 0 Å². The second kappa shape index (κ2) is 8.59. The minimum Gasteiger partial charge on any atom is -0.493 e. The number of methoxy groups -OCH3 is 2. The standard InChI is InChI=1S/C22H22ClN3O6/c1-28-17-6-12-14(7-18(17)29-2)24-10-25-22(12)26-11-3-4-16(13(23)5-11)32-19-9-31-20-15(27)8-30-21(19)20/h3-7,10,15,19-21,27H,8-9H2,1-2H3,(H,24,25,26)/t15-,19-,20+,21+/m0/s1. The molecule has 2 aliphatic rings. The minimum atomic E-state index is -0.628. The number of aliphatic hydroxyl groups excluding tert-OH is 1. The van der Waals surface area contributed by atoms with Crippen LogP contribution in [0, 0.1) is 0 Å². The molecule has 2 saturated heterocycles. The summed E-state index contributed by atoms with van der Waals surface area (Å²) in [6.45, 7) is 0.580. The van der Waals surface area contributed by atoms with Crippen molar-refractivity contribution in [2.75, 3.05) is 32.8 Å². The normalized spacial score (nSPS) is 24.4. The van der Waals surface area contributed by atoms with Crippen LogP contribution in [0.15, 0.2) is 36.7 Å². The lowest BCUT2D eigenvalue weighted by Gasteiger charge is -2.19. The predicted molar refractivity (Wildman–Crippen MR) is 117 cm³/mol. The summed E-state index contributed by atoms with van der Waals surface area (Å²) in [7, 11) is 3.16. The van der Waals surface area contributed by atoms with E-state index in [0.29, 0.717) is 40.2 Å². The number of anilines is 2. The Morgan fingerprint density at radius 2 is 1.78 bits per heavy atom. The van der Waals surface area contributed by atoms with Crippen molar-refractivity contribution in [1.29, 1.82) is 0 Å². The van der Waals surface area contributed by atoms with Gasteiger partial charge in [0, 0.05) is 17.1 Å². The molecule has 10 heteroatoms. The Kier molecular flexibility index (Phi) is 5.64. The molecule has 0 aliphatic carbocycles. The molecule has 5 rings (SSSR count). The molecule has 2 N–H and O–H groups in total. The summed E-state index contributed by atoms with van der Waals surface area (Å²) >= 11 is 6.49. The van der Waals surface area contributed by atoms with Crippen molar-refractivity contribution in [1.82, 2.24) is 9.97 Å². The van der Waals surface area contributed by atoms with E-state index in [1.54, 1.807) is 32.4 Å². The number of ether oxygens (including phenoxy) is 5. The first kappa shape index (κ1) is 21.0. The third kappa shape index (κ3) is 3.77. The van der Waals surface area contributed by atoms with Crippen molar-refractivity contribution in [3.63, 3.8) is 0 Å². The van der Waals surface area contributed by atoms with Gasteiger partial charge in [-0.1, -0.05) is 11.6 Å². The number of benzene rings is 2. The number of halogens is 1. The third-order valence-corrected chi connectivity index (χ3v) is 5.89. The molecule has 9 nitrogen and oxygen atoms in total. The minimum absolute atomic E-state index is 0.245. The molecule has 2 aliphatic heterocycles. The summed E-state index contributed by atoms with van der Waals surface area (Å²) in [5.41, 5.74) is 1.44. The second-order valence-electron chi connectivity index (χ2n) is 7.54. The van der Waals surface area contributed by atoms with Crippen LogP contribution in [0.2, 0.25) is 5.02 Å². The van der Waals surface area contributed by atoms with E-state index in [-0.39, 0.29) is 24.9 Å². The highest BCUT2D eigenvalue weighted by molar-refractivity contribution is 6.32. The van der Waals surface area contributed by atoms with Crippen LogP contribution in [0.1, 0.15) is 0 Å². The van der Waals surface area contributed by atoms with Crippen molar-refractivity contribution in [2.24, 2.45) is 0 Å². The quantitative estimate of drug-likeness (QED) is 0.575. The number of aromatic nitrogens is 2. The first-order valence-corrected chi connectivity index (χ1v) is 10.5. The van der Waals surface area contributed by atoms with Crippen LogP contribution < -0.4 is 19.5 Å². The van der Waals surface area contributed by atoms with Crippen molar-refractivity contribution in [3.05, 3.63) is 41.7 Å². The molecule has 1 aromatic heterocycles. The van der Waals surface area contributed by atoms with E-state index in [9.17, 15) is 5.11 Å². The number of hydrogen-bond donors (Lipinski definition) is 2. The number of nitrogens with zero attached hydrogens (tertiary/aromatic N) is 2. The summed E-state index contributed by atoms with van der Waals surface area (Å²) in [6.07, 6.45) is -0.152. The smallest absolute Gasteiger partial charge is 0.162 e. The van der Waals surface area contributed by atoms with E-state index in [1.807, 2.05) is 12.1 Å². The molecule has 0 amide bonds. The van der Waals surface area contributed by atoms with Gasteiger partial charge in [-0.25, -0.2) is 9.97 Å². The first-order chi connectivity index (χ1) is 15.6. The van der Waals surface area contributed by atoms with E-state index in [2.05, 4.69) is 15.3 Å². The van der Waals surface area contributed by atoms with Gasteiger partial charge >= 0.3 is 0 Å². The van der Waals surface area contributed by atoms with Gasteiger partial charge in [0.25, 0.3) is 0 Å². The molecule has 2 fully saturated rings. The van der Waals surface area contributed by atoms with E-state index < -0.39 is 6.10 Å². The Labute approximate surface area is 189 Å². The maximum Gasteiger partial charge on any atom is 0.162 e. The van der Waals surface area contributed by atoms with E-state index >= 15 is 0 Å². The SMILES string of the molecule is COc1cc2ncnc(Nc3ccc(O[C@H]4CO[C@H]5[C@@H]4OC[C@@H]5O)c(Cl)c3)c2cc1OC. The van der Waals surface area contributed by atoms with Gasteiger partial charge in [0.1, 0.15) is 36.2 Å². The molecule has 0 unspecified atom stereocenters. The molecular weight excluding hydrogens is 438 g/mol. The van der Waals surface area contributed by atoms with Crippen LogP contribution in [-0.2, 0) is 9.47 Å². The fourth-order valence-electron chi connectivity index (χ4n) is 4.00. The van der Waals surface area contributed by atoms with Crippen molar-refractivity contribution in [2.45, 2.75) is 24.4 Å². The Bertz CT molecular complexity index is 1150. The van der Waals surface area contributed by atoms with Gasteiger partial charge in [0.2, 0.25) is 0 Å². The lowest BCUT2D eigenvalue weighted by molar-refractivity contribution is 0.00865. The van der Waals surface area contributed by atoms with Crippen molar-refractivity contribution >= 4 is 34.0 Å². The molecule has 0 saturated carbocycles. The van der Waals surface area contributed by atoms with Crippen LogP contribution in [0.25, 0.3) is 10.9 Å². The first-order valence-electron chi connectivity index (χ1n) is 10.1. The number of fused-ring (bicyclic) bond motifs is 2. The lowest BCUT2D eigenvalue weighted by atomic mass is 10.1. The highest BCUT2D eigenvalue weighted by atomic mass is 35.5. The van der Waals surface area contributed by atoms with Crippen LogP contribution in [0.5, 0.6) is 17.2 Å². The zero-order valence-corrected chi connectivity index (χ0v) is 18.2. The number of nitrogens with one attached hydrogen (secondary N) is 1. The summed E-state index contributed by atoms with van der Waals surface area (Å²) in [4.78, 5) is 8.68. The zero-order valence-electron chi connectivity index (χ0n) is 17.4. The molecule has 32 heavy (non-hydrogen) atoms. The Hall–Kier alpha value is -2.85. The lowest BCUT2D eigenvalue weighted by Crippen LogP contribution is -2.34. The monoisotopic (exact) mass is 459 g/mol. The maximum atomic E-state index is 9.89. The van der Waals surface area contributed by atoms with Gasteiger partial charge < -0.3 is 34.1 Å². The number of hydrogen-bond acceptors (Lipinski definition) is 9. The fraction of sp³-hybridized carbons (Fsp3) is 0.364. The fourth-order valence-corrected chi connectivity index (χ4v) is 4.23. The van der Waals surface area contributed by atoms with Gasteiger partial charge in [-0.05, 0) is 24.3 Å². The molecule has 168 valence electrons. The van der Waals surface area contributed by atoms with E-state index in [4.69, 9.17) is 35.3 Å². The van der Waals surface area contributed by atoms with E-state index in [0.717, 1.165) is 11.1 Å². The van der Waals surface area contributed by atoms with Crippen LogP contribution in [0.4, 0.5) is 11.5 Å². The molecule has 4 atom stereocenters. The summed E-state index contributed by atoms with van der Waals surface area (Å²) < 4.78 is 28.0. The van der Waals surface area contributed by atoms with Crippen molar-refractivity contribution in [3.8, 4) is 17.2 Å². The highest BCUT2D eigenvalue weighted by Gasteiger charge is 2.48. The molecular formula is C22H22ClN3O6. The van der Waals surface area contributed by atoms with Gasteiger partial charge in [-0.15, -0.1) is 0 Å². The molecule has 2 aromatic carbocycles. The average Bonchev–Trinajstić information content (AvgIpc) is 3.37. The van der Waals surface area contributed by atoms with Crippen LogP contribution >= 0.6 is 11.6 Å². The predicted octanol–water partition coefficient (Wildman–Crippen LogP) is 2.95. The summed E-state index contributed by atoms with van der Waals surface area (Å²) in [6, 6.07) is 8.99. The number of aliphatic hydroxyl groups is 1. The number of rotatable bonds is 6. The zero-order chi connectivity index (χ0) is 22.2. The largest absolute Gasteiger partial charge is 0.493 e. The maximum absolute atomic E-state index is 9.89. The van der Waals surface area contributed by atoms with E-state index in [1.165, 1.54) is 6.33 Å². The Morgan fingerprint density at radius 1 is 1.00 bits per heavy atom.